The van der Waals surface area contributed by atoms with Crippen molar-refractivity contribution in [2.45, 2.75) is 13.0 Å². The molecule has 0 unspecified atom stereocenters. The number of rotatable bonds is 5. The maximum atomic E-state index is 11.2. The second-order valence-electron chi connectivity index (χ2n) is 3.40. The number of aliphatic hydroxyl groups is 1. The highest BCUT2D eigenvalue weighted by Crippen LogP contribution is 2.15. The minimum atomic E-state index is -0.545. The largest absolute Gasteiger partial charge is 0.484 e. The quantitative estimate of drug-likeness (QED) is 0.859. The summed E-state index contributed by atoms with van der Waals surface area (Å²) in [6.07, 6.45) is -0.545. The number of aliphatic hydroxyl groups excluding tert-OH is 1. The molecule has 0 aliphatic rings. The topological polar surface area (TPSA) is 58.6 Å². The Hall–Kier alpha value is -1.07. The zero-order valence-corrected chi connectivity index (χ0v) is 10.5. The molecule has 0 radical (unpaired) electrons. The summed E-state index contributed by atoms with van der Waals surface area (Å²) in [7, 11) is 0. The van der Waals surface area contributed by atoms with E-state index in [0.29, 0.717) is 5.75 Å². The smallest absolute Gasteiger partial charge is 0.258 e. The first-order valence-electron chi connectivity index (χ1n) is 4.91. The van der Waals surface area contributed by atoms with Gasteiger partial charge in [0.1, 0.15) is 5.75 Å². The maximum Gasteiger partial charge on any atom is 0.258 e. The normalized spacial score (nSPS) is 11.9. The third-order valence-corrected chi connectivity index (χ3v) is 2.31. The van der Waals surface area contributed by atoms with Gasteiger partial charge in [-0.1, -0.05) is 15.9 Å². The van der Waals surface area contributed by atoms with Crippen LogP contribution in [0.15, 0.2) is 28.7 Å². The van der Waals surface area contributed by atoms with Crippen LogP contribution in [0, 0.1) is 0 Å². The second-order valence-corrected chi connectivity index (χ2v) is 4.31. The Kier molecular flexibility index (Phi) is 5.28. The van der Waals surface area contributed by atoms with E-state index in [-0.39, 0.29) is 19.1 Å². The molecule has 1 rings (SSSR count). The lowest BCUT2D eigenvalue weighted by atomic mass is 10.3. The fourth-order valence-electron chi connectivity index (χ4n) is 0.992. The van der Waals surface area contributed by atoms with Gasteiger partial charge < -0.3 is 15.2 Å². The number of halogens is 1. The summed E-state index contributed by atoms with van der Waals surface area (Å²) in [5, 5.41) is 11.5. The van der Waals surface area contributed by atoms with Gasteiger partial charge in [-0.15, -0.1) is 0 Å². The average Bonchev–Trinajstić information content (AvgIpc) is 2.25. The fourth-order valence-corrected chi connectivity index (χ4v) is 1.26. The molecule has 0 aliphatic carbocycles. The molecule has 88 valence electrons. The summed E-state index contributed by atoms with van der Waals surface area (Å²) in [5.41, 5.74) is 0. The summed E-state index contributed by atoms with van der Waals surface area (Å²) >= 11 is 3.30. The summed E-state index contributed by atoms with van der Waals surface area (Å²) in [6.45, 7) is 1.80. The van der Waals surface area contributed by atoms with Crippen molar-refractivity contribution in [1.29, 1.82) is 0 Å². The Bertz CT molecular complexity index is 338. The summed E-state index contributed by atoms with van der Waals surface area (Å²) in [5.74, 6) is 0.388. The van der Waals surface area contributed by atoms with Crippen LogP contribution >= 0.6 is 15.9 Å². The predicted molar refractivity (Wildman–Crippen MR) is 64.3 cm³/mol. The van der Waals surface area contributed by atoms with Gasteiger partial charge in [-0.25, -0.2) is 0 Å². The lowest BCUT2D eigenvalue weighted by Crippen LogP contribution is -2.34. The number of nitrogens with one attached hydrogen (secondary N) is 1. The van der Waals surface area contributed by atoms with Gasteiger partial charge in [0.15, 0.2) is 6.61 Å². The molecule has 0 saturated carbocycles. The van der Waals surface area contributed by atoms with Crippen LogP contribution in [0.2, 0.25) is 0 Å². The summed E-state index contributed by atoms with van der Waals surface area (Å²) in [6, 6.07) is 7.21. The monoisotopic (exact) mass is 287 g/mol. The molecule has 5 heteroatoms. The Morgan fingerprint density at radius 1 is 1.50 bits per heavy atom. The molecule has 4 nitrogen and oxygen atoms in total. The van der Waals surface area contributed by atoms with Crippen LogP contribution in [0.4, 0.5) is 0 Å². The van der Waals surface area contributed by atoms with Gasteiger partial charge in [0, 0.05) is 11.0 Å². The highest BCUT2D eigenvalue weighted by molar-refractivity contribution is 9.10. The highest BCUT2D eigenvalue weighted by atomic mass is 79.9. The average molecular weight is 288 g/mol. The van der Waals surface area contributed by atoms with E-state index in [9.17, 15) is 4.79 Å². The van der Waals surface area contributed by atoms with E-state index in [4.69, 9.17) is 9.84 Å². The van der Waals surface area contributed by atoms with Crippen molar-refractivity contribution >= 4 is 21.8 Å². The van der Waals surface area contributed by atoms with Gasteiger partial charge >= 0.3 is 0 Å². The molecule has 0 bridgehead atoms. The lowest BCUT2D eigenvalue weighted by molar-refractivity contribution is -0.123. The molecule has 16 heavy (non-hydrogen) atoms. The Labute approximate surface area is 103 Å². The Morgan fingerprint density at radius 2 is 2.12 bits per heavy atom. The highest BCUT2D eigenvalue weighted by Gasteiger charge is 2.03. The second kappa shape index (κ2) is 6.50. The number of carbonyl (C=O) groups excluding carboxylic acids is 1. The molecule has 1 amide bonds. The number of hydrogen-bond acceptors (Lipinski definition) is 3. The van der Waals surface area contributed by atoms with E-state index >= 15 is 0 Å². The first-order chi connectivity index (χ1) is 7.58. The van der Waals surface area contributed by atoms with Crippen molar-refractivity contribution in [3.8, 4) is 5.75 Å². The van der Waals surface area contributed by atoms with Crippen molar-refractivity contribution in [3.05, 3.63) is 28.7 Å². The molecular formula is C11H14BrNO3. The molecule has 0 saturated heterocycles. The number of carbonyl (C=O) groups is 1. The van der Waals surface area contributed by atoms with Gasteiger partial charge in [0.05, 0.1) is 6.10 Å². The van der Waals surface area contributed by atoms with E-state index in [1.165, 1.54) is 0 Å². The van der Waals surface area contributed by atoms with Crippen molar-refractivity contribution < 1.29 is 14.6 Å². The van der Waals surface area contributed by atoms with Crippen molar-refractivity contribution in [1.82, 2.24) is 5.32 Å². The standard InChI is InChI=1S/C11H14BrNO3/c1-8(14)6-13-11(15)7-16-10-4-2-9(12)3-5-10/h2-5,8,14H,6-7H2,1H3,(H,13,15)/t8-/m0/s1. The first kappa shape index (κ1) is 13.0. The Morgan fingerprint density at radius 3 is 2.69 bits per heavy atom. The molecule has 0 heterocycles. The molecule has 1 aromatic rings. The first-order valence-corrected chi connectivity index (χ1v) is 5.70. The molecule has 1 aromatic carbocycles. The van der Waals surface area contributed by atoms with Crippen molar-refractivity contribution in [3.63, 3.8) is 0 Å². The van der Waals surface area contributed by atoms with E-state index in [1.54, 1.807) is 19.1 Å². The van der Waals surface area contributed by atoms with Crippen LogP contribution in [0.5, 0.6) is 5.75 Å². The van der Waals surface area contributed by atoms with Crippen LogP contribution < -0.4 is 10.1 Å². The third kappa shape index (κ3) is 5.14. The van der Waals surface area contributed by atoms with E-state index in [2.05, 4.69) is 21.2 Å². The molecule has 0 fully saturated rings. The predicted octanol–water partition coefficient (Wildman–Crippen LogP) is 1.32. The van der Waals surface area contributed by atoms with Gasteiger partial charge in [-0.2, -0.15) is 0 Å². The van der Waals surface area contributed by atoms with Crippen molar-refractivity contribution in [2.75, 3.05) is 13.2 Å². The molecular weight excluding hydrogens is 274 g/mol. The molecule has 0 spiro atoms. The minimum Gasteiger partial charge on any atom is -0.484 e. The van der Waals surface area contributed by atoms with Gasteiger partial charge in [-0.05, 0) is 31.2 Å². The van der Waals surface area contributed by atoms with Crippen LogP contribution in [-0.2, 0) is 4.79 Å². The Balaban J connectivity index is 2.29. The SMILES string of the molecule is C[C@H](O)CNC(=O)COc1ccc(Br)cc1. The summed E-state index contributed by atoms with van der Waals surface area (Å²) < 4.78 is 6.20. The zero-order valence-electron chi connectivity index (χ0n) is 8.94. The van der Waals surface area contributed by atoms with E-state index in [1.807, 2.05) is 12.1 Å². The minimum absolute atomic E-state index is 0.0473. The van der Waals surface area contributed by atoms with Crippen molar-refractivity contribution in [2.24, 2.45) is 0 Å². The molecule has 0 aliphatic heterocycles. The van der Waals surface area contributed by atoms with Gasteiger partial charge in [0.25, 0.3) is 5.91 Å². The molecule has 1 atom stereocenters. The molecule has 0 aromatic heterocycles. The summed E-state index contributed by atoms with van der Waals surface area (Å²) in [4.78, 5) is 11.2. The fraction of sp³-hybridized carbons (Fsp3) is 0.364. The molecule has 2 N–H and O–H groups in total. The van der Waals surface area contributed by atoms with Crippen LogP contribution in [0.25, 0.3) is 0 Å². The van der Waals surface area contributed by atoms with Crippen LogP contribution in [0.3, 0.4) is 0 Å². The van der Waals surface area contributed by atoms with Crippen LogP contribution in [-0.4, -0.2) is 30.3 Å². The van der Waals surface area contributed by atoms with Crippen LogP contribution in [0.1, 0.15) is 6.92 Å². The zero-order chi connectivity index (χ0) is 12.0. The maximum absolute atomic E-state index is 11.2. The lowest BCUT2D eigenvalue weighted by Gasteiger charge is -2.08. The third-order valence-electron chi connectivity index (χ3n) is 1.78. The van der Waals surface area contributed by atoms with Gasteiger partial charge in [-0.3, -0.25) is 4.79 Å². The number of benzene rings is 1. The number of ether oxygens (including phenoxy) is 1. The van der Waals surface area contributed by atoms with E-state index < -0.39 is 6.10 Å². The number of hydrogen-bond donors (Lipinski definition) is 2. The number of amides is 1. The van der Waals surface area contributed by atoms with Gasteiger partial charge in [0.2, 0.25) is 0 Å². The van der Waals surface area contributed by atoms with E-state index in [0.717, 1.165) is 4.47 Å².